The normalized spacial score (nSPS) is 47.4. The first kappa shape index (κ1) is 12.7. The quantitative estimate of drug-likeness (QED) is 0.661. The van der Waals surface area contributed by atoms with Crippen molar-refractivity contribution in [3.8, 4) is 0 Å². The SMILES string of the molecule is CC1CC(C)CC(OC2CC(Cl)C2(C)C)C1. The first-order valence-electron chi connectivity index (χ1n) is 6.69. The van der Waals surface area contributed by atoms with E-state index < -0.39 is 0 Å². The highest BCUT2D eigenvalue weighted by atomic mass is 35.5. The standard InChI is InChI=1S/C14H25ClO/c1-9-5-10(2)7-11(6-9)16-13-8-12(15)14(13,3)4/h9-13H,5-8H2,1-4H3. The van der Waals surface area contributed by atoms with E-state index in [0.29, 0.717) is 17.6 Å². The lowest BCUT2D eigenvalue weighted by atomic mass is 9.68. The molecule has 0 aromatic rings. The van der Waals surface area contributed by atoms with Gasteiger partial charge < -0.3 is 4.74 Å². The molecule has 0 aliphatic heterocycles. The highest BCUT2D eigenvalue weighted by molar-refractivity contribution is 6.21. The molecule has 2 aliphatic rings. The number of halogens is 1. The van der Waals surface area contributed by atoms with E-state index >= 15 is 0 Å². The second kappa shape index (κ2) is 4.49. The molecule has 0 aromatic heterocycles. The molecule has 16 heavy (non-hydrogen) atoms. The van der Waals surface area contributed by atoms with Crippen LogP contribution in [0.5, 0.6) is 0 Å². The van der Waals surface area contributed by atoms with Crippen LogP contribution in [0, 0.1) is 17.3 Å². The predicted octanol–water partition coefficient (Wildman–Crippen LogP) is 4.23. The van der Waals surface area contributed by atoms with Crippen molar-refractivity contribution in [2.24, 2.45) is 17.3 Å². The minimum Gasteiger partial charge on any atom is -0.374 e. The smallest absolute Gasteiger partial charge is 0.0658 e. The molecule has 4 atom stereocenters. The van der Waals surface area contributed by atoms with Crippen LogP contribution in [0.15, 0.2) is 0 Å². The third kappa shape index (κ3) is 2.41. The molecule has 2 aliphatic carbocycles. The van der Waals surface area contributed by atoms with Gasteiger partial charge in [0.05, 0.1) is 12.2 Å². The Labute approximate surface area is 105 Å². The summed E-state index contributed by atoms with van der Waals surface area (Å²) >= 11 is 6.23. The van der Waals surface area contributed by atoms with Gasteiger partial charge in [-0.1, -0.05) is 27.7 Å². The number of rotatable bonds is 2. The minimum atomic E-state index is 0.172. The van der Waals surface area contributed by atoms with Gasteiger partial charge in [0.25, 0.3) is 0 Å². The molecule has 0 N–H and O–H groups in total. The lowest BCUT2D eigenvalue weighted by Crippen LogP contribution is -2.53. The number of hydrogen-bond donors (Lipinski definition) is 0. The van der Waals surface area contributed by atoms with Crippen molar-refractivity contribution in [1.82, 2.24) is 0 Å². The maximum Gasteiger partial charge on any atom is 0.0658 e. The first-order chi connectivity index (χ1) is 7.39. The molecular weight excluding hydrogens is 220 g/mol. The van der Waals surface area contributed by atoms with Gasteiger partial charge in [0.2, 0.25) is 0 Å². The summed E-state index contributed by atoms with van der Waals surface area (Å²) < 4.78 is 6.27. The third-order valence-electron chi connectivity index (χ3n) is 4.55. The van der Waals surface area contributed by atoms with Crippen LogP contribution < -0.4 is 0 Å². The lowest BCUT2D eigenvalue weighted by Gasteiger charge is -2.50. The van der Waals surface area contributed by atoms with Crippen LogP contribution in [0.25, 0.3) is 0 Å². The van der Waals surface area contributed by atoms with Gasteiger partial charge in [-0.3, -0.25) is 0 Å². The molecule has 94 valence electrons. The highest BCUT2D eigenvalue weighted by Crippen LogP contribution is 2.47. The zero-order chi connectivity index (χ0) is 11.9. The van der Waals surface area contributed by atoms with Crippen LogP contribution in [0.4, 0.5) is 0 Å². The molecule has 4 unspecified atom stereocenters. The summed E-state index contributed by atoms with van der Waals surface area (Å²) in [4.78, 5) is 0. The second-order valence-corrected chi connectivity index (χ2v) is 7.22. The zero-order valence-electron chi connectivity index (χ0n) is 11.0. The summed E-state index contributed by atoms with van der Waals surface area (Å²) in [5.74, 6) is 1.65. The summed E-state index contributed by atoms with van der Waals surface area (Å²) in [7, 11) is 0. The maximum absolute atomic E-state index is 6.27. The van der Waals surface area contributed by atoms with Crippen LogP contribution in [0.3, 0.4) is 0 Å². The van der Waals surface area contributed by atoms with Crippen LogP contribution in [0.1, 0.15) is 53.4 Å². The summed E-state index contributed by atoms with van der Waals surface area (Å²) in [6.07, 6.45) is 5.75. The molecule has 0 aromatic carbocycles. The fourth-order valence-corrected chi connectivity index (χ4v) is 3.59. The predicted molar refractivity (Wildman–Crippen MR) is 68.9 cm³/mol. The Balaban J connectivity index is 1.86. The van der Waals surface area contributed by atoms with E-state index in [1.807, 2.05) is 0 Å². The van der Waals surface area contributed by atoms with Gasteiger partial charge >= 0.3 is 0 Å². The fraction of sp³-hybridized carbons (Fsp3) is 1.00. The molecule has 0 heterocycles. The van der Waals surface area contributed by atoms with Gasteiger partial charge in [-0.2, -0.15) is 0 Å². The highest BCUT2D eigenvalue weighted by Gasteiger charge is 2.49. The van der Waals surface area contributed by atoms with Crippen molar-refractivity contribution >= 4 is 11.6 Å². The van der Waals surface area contributed by atoms with E-state index in [2.05, 4.69) is 27.7 Å². The number of hydrogen-bond acceptors (Lipinski definition) is 1. The van der Waals surface area contributed by atoms with Crippen LogP contribution >= 0.6 is 11.6 Å². The largest absolute Gasteiger partial charge is 0.374 e. The van der Waals surface area contributed by atoms with Crippen LogP contribution in [0.2, 0.25) is 0 Å². The Hall–Kier alpha value is 0.250. The van der Waals surface area contributed by atoms with Gasteiger partial charge in [-0.15, -0.1) is 11.6 Å². The van der Waals surface area contributed by atoms with E-state index in [0.717, 1.165) is 18.3 Å². The molecule has 2 fully saturated rings. The van der Waals surface area contributed by atoms with Crippen molar-refractivity contribution < 1.29 is 4.74 Å². The summed E-state index contributed by atoms with van der Waals surface area (Å²) in [5.41, 5.74) is 0.172. The van der Waals surface area contributed by atoms with E-state index in [-0.39, 0.29) is 5.41 Å². The Bertz CT molecular complexity index is 241. The minimum absolute atomic E-state index is 0.172. The topological polar surface area (TPSA) is 9.23 Å². The molecular formula is C14H25ClO. The molecule has 2 rings (SSSR count). The number of alkyl halides is 1. The van der Waals surface area contributed by atoms with Crippen molar-refractivity contribution in [3.05, 3.63) is 0 Å². The van der Waals surface area contributed by atoms with Gasteiger partial charge in [0.1, 0.15) is 0 Å². The molecule has 0 spiro atoms. The monoisotopic (exact) mass is 244 g/mol. The van der Waals surface area contributed by atoms with Gasteiger partial charge in [0.15, 0.2) is 0 Å². The van der Waals surface area contributed by atoms with E-state index in [4.69, 9.17) is 16.3 Å². The van der Waals surface area contributed by atoms with Gasteiger partial charge in [0, 0.05) is 10.8 Å². The second-order valence-electron chi connectivity index (χ2n) is 6.69. The Morgan fingerprint density at radius 2 is 1.56 bits per heavy atom. The van der Waals surface area contributed by atoms with Crippen molar-refractivity contribution in [3.63, 3.8) is 0 Å². The van der Waals surface area contributed by atoms with E-state index in [1.165, 1.54) is 19.3 Å². The summed E-state index contributed by atoms with van der Waals surface area (Å²) in [6, 6.07) is 0. The van der Waals surface area contributed by atoms with Crippen molar-refractivity contribution in [2.45, 2.75) is 71.0 Å². The molecule has 0 saturated heterocycles. The van der Waals surface area contributed by atoms with Crippen LogP contribution in [-0.4, -0.2) is 17.6 Å². The van der Waals surface area contributed by atoms with Gasteiger partial charge in [-0.25, -0.2) is 0 Å². The third-order valence-corrected chi connectivity index (χ3v) is 5.29. The number of ether oxygens (including phenoxy) is 1. The molecule has 2 heteroatoms. The average molecular weight is 245 g/mol. The Morgan fingerprint density at radius 1 is 1.00 bits per heavy atom. The van der Waals surface area contributed by atoms with E-state index in [1.54, 1.807) is 0 Å². The van der Waals surface area contributed by atoms with Crippen molar-refractivity contribution in [2.75, 3.05) is 0 Å². The average Bonchev–Trinajstić information content (AvgIpc) is 2.15. The molecule has 1 nitrogen and oxygen atoms in total. The lowest BCUT2D eigenvalue weighted by molar-refractivity contribution is -0.140. The van der Waals surface area contributed by atoms with E-state index in [9.17, 15) is 0 Å². The Kier molecular flexibility index (Phi) is 3.57. The van der Waals surface area contributed by atoms with Crippen molar-refractivity contribution in [1.29, 1.82) is 0 Å². The molecule has 0 amide bonds. The summed E-state index contributed by atoms with van der Waals surface area (Å²) in [6.45, 7) is 9.16. The molecule has 2 saturated carbocycles. The first-order valence-corrected chi connectivity index (χ1v) is 7.12. The maximum atomic E-state index is 6.27. The van der Waals surface area contributed by atoms with Crippen LogP contribution in [-0.2, 0) is 4.74 Å². The Morgan fingerprint density at radius 3 is 2.00 bits per heavy atom. The summed E-state index contributed by atoms with van der Waals surface area (Å²) in [5, 5.41) is 0.302. The fourth-order valence-electron chi connectivity index (χ4n) is 3.28. The van der Waals surface area contributed by atoms with Gasteiger partial charge in [-0.05, 0) is 37.5 Å². The zero-order valence-corrected chi connectivity index (χ0v) is 11.8. The molecule has 0 radical (unpaired) electrons. The molecule has 0 bridgehead atoms.